The molecule has 2 aromatic rings. The first-order valence-corrected chi connectivity index (χ1v) is 3.76. The van der Waals surface area contributed by atoms with E-state index in [0.29, 0.717) is 5.52 Å². The number of H-pyrrole nitrogens is 1. The van der Waals surface area contributed by atoms with Crippen LogP contribution < -0.4 is 5.43 Å². The number of pyridine rings is 1. The van der Waals surface area contributed by atoms with Gasteiger partial charge in [-0.05, 0) is 6.07 Å². The van der Waals surface area contributed by atoms with Crippen LogP contribution in [0.1, 0.15) is 10.4 Å². The second-order valence-electron chi connectivity index (χ2n) is 2.63. The topological polar surface area (TPSA) is 95.9 Å². The maximum atomic E-state index is 11.5. The molecule has 0 unspecified atom stereocenters. The van der Waals surface area contributed by atoms with E-state index in [4.69, 9.17) is 5.11 Å². The van der Waals surface area contributed by atoms with Crippen molar-refractivity contribution in [1.29, 1.82) is 0 Å². The van der Waals surface area contributed by atoms with Crippen LogP contribution in [0.2, 0.25) is 0 Å². The monoisotopic (exact) mass is 191 g/mol. The highest BCUT2D eigenvalue weighted by molar-refractivity contribution is 5.90. The summed E-state index contributed by atoms with van der Waals surface area (Å²) in [4.78, 5) is 24.7. The molecule has 0 aromatic carbocycles. The number of hydrogen-bond donors (Lipinski definition) is 2. The van der Waals surface area contributed by atoms with Crippen LogP contribution >= 0.6 is 0 Å². The molecule has 0 spiro atoms. The van der Waals surface area contributed by atoms with E-state index < -0.39 is 11.4 Å². The number of aromatic nitrogens is 3. The van der Waals surface area contributed by atoms with Crippen LogP contribution in [-0.4, -0.2) is 26.3 Å². The fourth-order valence-corrected chi connectivity index (χ4v) is 1.12. The van der Waals surface area contributed by atoms with Gasteiger partial charge in [-0.25, -0.2) is 4.79 Å². The van der Waals surface area contributed by atoms with Gasteiger partial charge in [0.2, 0.25) is 5.43 Å². The number of fused-ring (bicyclic) bond motifs is 1. The molecule has 0 fully saturated rings. The number of nitrogens with one attached hydrogen (secondary N) is 1. The zero-order valence-electron chi connectivity index (χ0n) is 6.89. The predicted molar refractivity (Wildman–Crippen MR) is 47.1 cm³/mol. The number of carboxylic acids is 1. The lowest BCUT2D eigenvalue weighted by molar-refractivity contribution is 0.0695. The van der Waals surface area contributed by atoms with Gasteiger partial charge in [0.15, 0.2) is 5.52 Å². The zero-order valence-corrected chi connectivity index (χ0v) is 6.89. The fourth-order valence-electron chi connectivity index (χ4n) is 1.12. The molecule has 0 aliphatic carbocycles. The number of aromatic amines is 1. The Morgan fingerprint density at radius 2 is 2.29 bits per heavy atom. The van der Waals surface area contributed by atoms with Gasteiger partial charge in [0, 0.05) is 6.20 Å². The molecule has 70 valence electrons. The van der Waals surface area contributed by atoms with Gasteiger partial charge in [-0.15, -0.1) is 5.10 Å². The summed E-state index contributed by atoms with van der Waals surface area (Å²) in [7, 11) is 0. The molecular formula is C8H5N3O3. The molecular weight excluding hydrogens is 186 g/mol. The highest BCUT2D eigenvalue weighted by atomic mass is 16.4. The smallest absolute Gasteiger partial charge is 0.341 e. The van der Waals surface area contributed by atoms with Crippen molar-refractivity contribution in [2.24, 2.45) is 0 Å². The number of hydrogen-bond acceptors (Lipinski definition) is 4. The van der Waals surface area contributed by atoms with Crippen LogP contribution in [0.15, 0.2) is 23.3 Å². The van der Waals surface area contributed by atoms with E-state index >= 15 is 0 Å². The Hall–Kier alpha value is -2.24. The minimum Gasteiger partial charge on any atom is -0.477 e. The van der Waals surface area contributed by atoms with E-state index in [9.17, 15) is 9.59 Å². The highest BCUT2D eigenvalue weighted by Gasteiger charge is 2.11. The first-order valence-electron chi connectivity index (χ1n) is 3.76. The van der Waals surface area contributed by atoms with Crippen LogP contribution in [0.4, 0.5) is 0 Å². The third-order valence-electron chi connectivity index (χ3n) is 1.78. The molecule has 0 amide bonds. The Kier molecular flexibility index (Phi) is 1.74. The van der Waals surface area contributed by atoms with Gasteiger partial charge in [0.05, 0.1) is 11.7 Å². The van der Waals surface area contributed by atoms with E-state index in [1.165, 1.54) is 6.20 Å². The minimum atomic E-state index is -1.28. The molecule has 2 rings (SSSR count). The molecule has 6 heteroatoms. The average molecular weight is 191 g/mol. The summed E-state index contributed by atoms with van der Waals surface area (Å²) >= 11 is 0. The van der Waals surface area contributed by atoms with Crippen LogP contribution in [0, 0.1) is 0 Å². The third kappa shape index (κ3) is 1.13. The molecule has 2 heterocycles. The fraction of sp³-hybridized carbons (Fsp3) is 0. The molecule has 2 N–H and O–H groups in total. The van der Waals surface area contributed by atoms with Crippen molar-refractivity contribution in [3.8, 4) is 0 Å². The van der Waals surface area contributed by atoms with Crippen molar-refractivity contribution >= 4 is 17.0 Å². The van der Waals surface area contributed by atoms with Crippen molar-refractivity contribution in [2.75, 3.05) is 0 Å². The van der Waals surface area contributed by atoms with Crippen molar-refractivity contribution in [1.82, 2.24) is 15.2 Å². The molecule has 0 atom stereocenters. The summed E-state index contributed by atoms with van der Waals surface area (Å²) < 4.78 is 0. The van der Waals surface area contributed by atoms with Gasteiger partial charge in [-0.2, -0.15) is 5.10 Å². The number of aromatic carboxylic acids is 1. The molecule has 2 aromatic heterocycles. The van der Waals surface area contributed by atoms with Crippen LogP contribution in [0.3, 0.4) is 0 Å². The minimum absolute atomic E-state index is 0.0346. The Labute approximate surface area is 77.2 Å². The first kappa shape index (κ1) is 8.36. The molecule has 0 aliphatic rings. The van der Waals surface area contributed by atoms with Crippen LogP contribution in [-0.2, 0) is 0 Å². The molecule has 14 heavy (non-hydrogen) atoms. The van der Waals surface area contributed by atoms with Gasteiger partial charge in [-0.1, -0.05) is 0 Å². The van der Waals surface area contributed by atoms with E-state index in [1.807, 2.05) is 0 Å². The van der Waals surface area contributed by atoms with Crippen molar-refractivity contribution in [3.05, 3.63) is 34.2 Å². The van der Waals surface area contributed by atoms with E-state index in [2.05, 4.69) is 15.2 Å². The molecule has 0 saturated heterocycles. The second-order valence-corrected chi connectivity index (χ2v) is 2.63. The largest absolute Gasteiger partial charge is 0.477 e. The average Bonchev–Trinajstić information content (AvgIpc) is 2.18. The summed E-state index contributed by atoms with van der Waals surface area (Å²) in [5.74, 6) is -1.28. The molecule has 0 bridgehead atoms. The maximum Gasteiger partial charge on any atom is 0.341 e. The Balaban J connectivity index is 2.89. The Morgan fingerprint density at radius 3 is 3.00 bits per heavy atom. The van der Waals surface area contributed by atoms with Gasteiger partial charge in [0.1, 0.15) is 5.56 Å². The third-order valence-corrected chi connectivity index (χ3v) is 1.78. The van der Waals surface area contributed by atoms with Crippen molar-refractivity contribution in [3.63, 3.8) is 0 Å². The molecule has 0 aliphatic heterocycles. The van der Waals surface area contributed by atoms with Crippen LogP contribution in [0.25, 0.3) is 11.0 Å². The standard InChI is InChI=1S/C8H5N3O3/c12-7-4(8(13)14)3-9-5-1-2-10-11-6(5)7/h1-3H,(H,9,12)(H,13,14). The number of nitrogens with zero attached hydrogens (tertiary/aromatic N) is 2. The maximum absolute atomic E-state index is 11.5. The van der Waals surface area contributed by atoms with Gasteiger partial charge < -0.3 is 10.1 Å². The molecule has 6 nitrogen and oxygen atoms in total. The lowest BCUT2D eigenvalue weighted by Crippen LogP contribution is -2.16. The summed E-state index contributed by atoms with van der Waals surface area (Å²) in [6.45, 7) is 0. The van der Waals surface area contributed by atoms with E-state index in [-0.39, 0.29) is 11.1 Å². The zero-order chi connectivity index (χ0) is 10.1. The molecule has 0 saturated carbocycles. The lowest BCUT2D eigenvalue weighted by atomic mass is 10.2. The van der Waals surface area contributed by atoms with Crippen molar-refractivity contribution in [2.45, 2.75) is 0 Å². The Bertz CT molecular complexity index is 561. The lowest BCUT2D eigenvalue weighted by Gasteiger charge is -1.96. The molecule has 0 radical (unpaired) electrons. The quantitative estimate of drug-likeness (QED) is 0.662. The summed E-state index contributed by atoms with van der Waals surface area (Å²) in [5.41, 5.74) is -0.459. The number of carbonyl (C=O) groups is 1. The number of carboxylic acid groups (broad SMARTS) is 1. The Morgan fingerprint density at radius 1 is 1.50 bits per heavy atom. The normalized spacial score (nSPS) is 10.3. The van der Waals surface area contributed by atoms with Gasteiger partial charge in [0.25, 0.3) is 0 Å². The summed E-state index contributed by atoms with van der Waals surface area (Å²) in [6.07, 6.45) is 2.56. The van der Waals surface area contributed by atoms with E-state index in [0.717, 1.165) is 6.20 Å². The summed E-state index contributed by atoms with van der Waals surface area (Å²) in [6, 6.07) is 1.55. The summed E-state index contributed by atoms with van der Waals surface area (Å²) in [5, 5.41) is 15.7. The van der Waals surface area contributed by atoms with Gasteiger partial charge >= 0.3 is 5.97 Å². The highest BCUT2D eigenvalue weighted by Crippen LogP contribution is 2.01. The number of rotatable bonds is 1. The van der Waals surface area contributed by atoms with Crippen molar-refractivity contribution < 1.29 is 9.90 Å². The van der Waals surface area contributed by atoms with Crippen LogP contribution in [0.5, 0.6) is 0 Å². The van der Waals surface area contributed by atoms with E-state index in [1.54, 1.807) is 6.07 Å². The SMILES string of the molecule is O=C(O)c1c[nH]c2ccnnc2c1=O. The second kappa shape index (κ2) is 2.91. The van der Waals surface area contributed by atoms with Gasteiger partial charge in [-0.3, -0.25) is 4.79 Å². The first-order chi connectivity index (χ1) is 6.70. The predicted octanol–water partition coefficient (Wildman–Crippen LogP) is 0.0163.